The molecule has 2 atom stereocenters. The Balaban J connectivity index is 2.45. The summed E-state index contributed by atoms with van der Waals surface area (Å²) in [5, 5.41) is 3.56. The molecule has 0 aliphatic carbocycles. The van der Waals surface area contributed by atoms with E-state index in [1.54, 1.807) is 0 Å². The summed E-state index contributed by atoms with van der Waals surface area (Å²) in [6.45, 7) is 14.6. The van der Waals surface area contributed by atoms with Crippen LogP contribution in [0, 0.1) is 5.41 Å². The van der Waals surface area contributed by atoms with Crippen LogP contribution in [0.5, 0.6) is 0 Å². The van der Waals surface area contributed by atoms with E-state index in [2.05, 4.69) is 39.9 Å². The van der Waals surface area contributed by atoms with Crippen molar-refractivity contribution in [2.45, 2.75) is 65.6 Å². The molecule has 1 saturated heterocycles. The van der Waals surface area contributed by atoms with E-state index in [4.69, 9.17) is 9.47 Å². The molecule has 1 aliphatic rings. The molecule has 1 aliphatic heterocycles. The first-order valence-corrected chi connectivity index (χ1v) is 7.36. The molecule has 0 saturated carbocycles. The highest BCUT2D eigenvalue weighted by Crippen LogP contribution is 2.38. The Hall–Kier alpha value is -0.120. The van der Waals surface area contributed by atoms with Crippen molar-refractivity contribution >= 4 is 0 Å². The minimum Gasteiger partial charge on any atom is -0.378 e. The van der Waals surface area contributed by atoms with E-state index in [9.17, 15) is 0 Å². The van der Waals surface area contributed by atoms with Gasteiger partial charge in [-0.3, -0.25) is 0 Å². The number of ether oxygens (including phenoxy) is 2. The van der Waals surface area contributed by atoms with Crippen LogP contribution < -0.4 is 5.32 Å². The van der Waals surface area contributed by atoms with Crippen molar-refractivity contribution < 1.29 is 9.47 Å². The standard InChI is InChI=1S/C15H31NO2/c1-6-9-16-12-15(7-10-17-13(15)2)8-11-18-14(3,4)5/h13,16H,6-12H2,1-5H3. The first-order chi connectivity index (χ1) is 8.40. The summed E-state index contributed by atoms with van der Waals surface area (Å²) in [4.78, 5) is 0. The van der Waals surface area contributed by atoms with Gasteiger partial charge in [0.1, 0.15) is 0 Å². The van der Waals surface area contributed by atoms with E-state index in [-0.39, 0.29) is 11.0 Å². The van der Waals surface area contributed by atoms with Gasteiger partial charge in [-0.05, 0) is 53.5 Å². The highest BCUT2D eigenvalue weighted by molar-refractivity contribution is 4.91. The summed E-state index contributed by atoms with van der Waals surface area (Å²) in [6.07, 6.45) is 3.76. The zero-order chi connectivity index (χ0) is 13.6. The molecule has 108 valence electrons. The molecule has 1 N–H and O–H groups in total. The van der Waals surface area contributed by atoms with Gasteiger partial charge in [0.2, 0.25) is 0 Å². The van der Waals surface area contributed by atoms with Crippen LogP contribution >= 0.6 is 0 Å². The van der Waals surface area contributed by atoms with Crippen molar-refractivity contribution in [2.75, 3.05) is 26.3 Å². The Bertz CT molecular complexity index is 237. The van der Waals surface area contributed by atoms with Gasteiger partial charge >= 0.3 is 0 Å². The van der Waals surface area contributed by atoms with Crippen molar-refractivity contribution in [3.05, 3.63) is 0 Å². The van der Waals surface area contributed by atoms with Gasteiger partial charge in [0, 0.05) is 25.2 Å². The highest BCUT2D eigenvalue weighted by atomic mass is 16.5. The fourth-order valence-electron chi connectivity index (χ4n) is 2.54. The maximum atomic E-state index is 5.89. The third-order valence-corrected chi connectivity index (χ3v) is 3.87. The molecule has 0 radical (unpaired) electrons. The van der Waals surface area contributed by atoms with Crippen LogP contribution in [0.4, 0.5) is 0 Å². The molecular weight excluding hydrogens is 226 g/mol. The predicted octanol–water partition coefficient (Wildman–Crippen LogP) is 2.99. The Morgan fingerprint density at radius 3 is 2.61 bits per heavy atom. The quantitative estimate of drug-likeness (QED) is 0.711. The average Bonchev–Trinajstić information content (AvgIpc) is 2.59. The molecule has 1 heterocycles. The smallest absolute Gasteiger partial charge is 0.0617 e. The molecule has 1 fully saturated rings. The predicted molar refractivity (Wildman–Crippen MR) is 75.9 cm³/mol. The lowest BCUT2D eigenvalue weighted by molar-refractivity contribution is -0.0296. The fraction of sp³-hybridized carbons (Fsp3) is 1.00. The molecule has 0 aromatic rings. The minimum atomic E-state index is -0.0409. The van der Waals surface area contributed by atoms with E-state index in [0.717, 1.165) is 39.1 Å². The molecule has 3 heteroatoms. The first kappa shape index (κ1) is 15.9. The lowest BCUT2D eigenvalue weighted by Gasteiger charge is -2.33. The van der Waals surface area contributed by atoms with Crippen molar-refractivity contribution in [1.82, 2.24) is 5.32 Å². The largest absolute Gasteiger partial charge is 0.378 e. The van der Waals surface area contributed by atoms with Crippen LogP contribution in [0.1, 0.15) is 53.9 Å². The Kier molecular flexibility index (Phi) is 6.09. The second-order valence-corrected chi connectivity index (χ2v) is 6.51. The van der Waals surface area contributed by atoms with Gasteiger partial charge < -0.3 is 14.8 Å². The molecule has 0 aromatic carbocycles. The Morgan fingerprint density at radius 2 is 2.11 bits per heavy atom. The van der Waals surface area contributed by atoms with Gasteiger partial charge in [-0.15, -0.1) is 0 Å². The van der Waals surface area contributed by atoms with E-state index >= 15 is 0 Å². The molecule has 2 unspecified atom stereocenters. The topological polar surface area (TPSA) is 30.5 Å². The van der Waals surface area contributed by atoms with E-state index in [1.165, 1.54) is 6.42 Å². The van der Waals surface area contributed by atoms with Gasteiger partial charge in [0.15, 0.2) is 0 Å². The summed E-state index contributed by atoms with van der Waals surface area (Å²) in [7, 11) is 0. The third kappa shape index (κ3) is 4.87. The van der Waals surface area contributed by atoms with Crippen LogP contribution in [0.15, 0.2) is 0 Å². The van der Waals surface area contributed by atoms with Crippen LogP contribution in [0.25, 0.3) is 0 Å². The second kappa shape index (κ2) is 6.88. The lowest BCUT2D eigenvalue weighted by atomic mass is 9.78. The second-order valence-electron chi connectivity index (χ2n) is 6.51. The van der Waals surface area contributed by atoms with E-state index in [0.29, 0.717) is 6.10 Å². The lowest BCUT2D eigenvalue weighted by Crippen LogP contribution is -2.41. The molecule has 0 bridgehead atoms. The molecule has 0 amide bonds. The SMILES string of the molecule is CCCNCC1(CCOC(C)(C)C)CCOC1C. The molecule has 0 spiro atoms. The zero-order valence-corrected chi connectivity index (χ0v) is 12.8. The van der Waals surface area contributed by atoms with Crippen LogP contribution in [-0.4, -0.2) is 38.0 Å². The van der Waals surface area contributed by atoms with Crippen LogP contribution in [-0.2, 0) is 9.47 Å². The summed E-state index contributed by atoms with van der Waals surface area (Å²) < 4.78 is 11.7. The van der Waals surface area contributed by atoms with Gasteiger partial charge in [0.05, 0.1) is 11.7 Å². The third-order valence-electron chi connectivity index (χ3n) is 3.87. The molecular formula is C15H31NO2. The Labute approximate surface area is 113 Å². The summed E-state index contributed by atoms with van der Waals surface area (Å²) in [5.74, 6) is 0. The number of hydrogen-bond acceptors (Lipinski definition) is 3. The van der Waals surface area contributed by atoms with Gasteiger partial charge in [-0.2, -0.15) is 0 Å². The van der Waals surface area contributed by atoms with Crippen LogP contribution in [0.3, 0.4) is 0 Å². The van der Waals surface area contributed by atoms with Crippen molar-refractivity contribution in [2.24, 2.45) is 5.41 Å². The molecule has 3 nitrogen and oxygen atoms in total. The highest BCUT2D eigenvalue weighted by Gasteiger charge is 2.40. The normalized spacial score (nSPS) is 28.8. The zero-order valence-electron chi connectivity index (χ0n) is 12.8. The van der Waals surface area contributed by atoms with Crippen molar-refractivity contribution in [3.63, 3.8) is 0 Å². The fourth-order valence-corrected chi connectivity index (χ4v) is 2.54. The van der Waals surface area contributed by atoms with Crippen LogP contribution in [0.2, 0.25) is 0 Å². The summed E-state index contributed by atoms with van der Waals surface area (Å²) >= 11 is 0. The van der Waals surface area contributed by atoms with Gasteiger partial charge in [-0.1, -0.05) is 6.92 Å². The number of rotatable bonds is 7. The maximum absolute atomic E-state index is 5.89. The number of nitrogens with one attached hydrogen (secondary N) is 1. The van der Waals surface area contributed by atoms with Gasteiger partial charge in [-0.25, -0.2) is 0 Å². The van der Waals surface area contributed by atoms with Gasteiger partial charge in [0.25, 0.3) is 0 Å². The van der Waals surface area contributed by atoms with Crippen molar-refractivity contribution in [3.8, 4) is 0 Å². The van der Waals surface area contributed by atoms with E-state index < -0.39 is 0 Å². The molecule has 1 rings (SSSR count). The summed E-state index contributed by atoms with van der Waals surface area (Å²) in [5.41, 5.74) is 0.223. The minimum absolute atomic E-state index is 0.0409. The first-order valence-electron chi connectivity index (χ1n) is 7.36. The monoisotopic (exact) mass is 257 g/mol. The molecule has 18 heavy (non-hydrogen) atoms. The average molecular weight is 257 g/mol. The molecule has 0 aromatic heterocycles. The van der Waals surface area contributed by atoms with E-state index in [1.807, 2.05) is 0 Å². The van der Waals surface area contributed by atoms with Crippen molar-refractivity contribution in [1.29, 1.82) is 0 Å². The maximum Gasteiger partial charge on any atom is 0.0617 e. The summed E-state index contributed by atoms with van der Waals surface area (Å²) in [6, 6.07) is 0. The number of hydrogen-bond donors (Lipinski definition) is 1. The Morgan fingerprint density at radius 1 is 1.39 bits per heavy atom.